The summed E-state index contributed by atoms with van der Waals surface area (Å²) in [7, 11) is 0. The maximum absolute atomic E-state index is 10.0. The first-order valence-corrected chi connectivity index (χ1v) is 24.7. The van der Waals surface area contributed by atoms with Gasteiger partial charge in [0.25, 0.3) is 0 Å². The van der Waals surface area contributed by atoms with Crippen LogP contribution >= 0.6 is 0 Å². The average molecular weight is 1140 g/mol. The van der Waals surface area contributed by atoms with E-state index in [9.17, 15) is 5.11 Å². The van der Waals surface area contributed by atoms with Crippen molar-refractivity contribution >= 4 is 0 Å². The molecule has 0 saturated heterocycles. The van der Waals surface area contributed by atoms with E-state index in [4.69, 9.17) is 10.2 Å². The van der Waals surface area contributed by atoms with Gasteiger partial charge in [-0.05, 0) is 71.5 Å². The van der Waals surface area contributed by atoms with E-state index in [0.29, 0.717) is 6.61 Å². The molecule has 0 aliphatic heterocycles. The van der Waals surface area contributed by atoms with Crippen LogP contribution in [0.4, 0.5) is 0 Å². The minimum Gasteiger partial charge on any atom is -0.396 e. The molecule has 0 amide bonds. The van der Waals surface area contributed by atoms with Crippen LogP contribution in [0.1, 0.15) is 272 Å². The monoisotopic (exact) mass is 1140 g/mol. The predicted molar refractivity (Wildman–Crippen MR) is 244 cm³/mol. The molecule has 2 atom stereocenters. The van der Waals surface area contributed by atoms with E-state index in [2.05, 4.69) is 39.5 Å². The summed E-state index contributed by atoms with van der Waals surface area (Å²) in [5.41, 5.74) is 0. The van der Waals surface area contributed by atoms with Crippen LogP contribution in [0, 0.1) is 13.8 Å². The largest absolute Gasteiger partial charge is 0.396 e. The summed E-state index contributed by atoms with van der Waals surface area (Å²) in [6.07, 6.45) is 48.9. The van der Waals surface area contributed by atoms with E-state index in [1.165, 1.54) is 212 Å². The zero-order valence-corrected chi connectivity index (χ0v) is 44.7. The molecule has 0 aliphatic carbocycles. The first-order chi connectivity index (χ1) is 26.4. The van der Waals surface area contributed by atoms with E-state index >= 15 is 0 Å². The minimum absolute atomic E-state index is 0. The second-order valence-electron chi connectivity index (χ2n) is 16.7. The SMILES string of the molecule is CCCCCCCCCC(C)O.CCCCCCCCCCCCC(O)CCCCCCCCCC.[CH2-]CCCCCN(CCCCO)CCCCC[CH2-].[W].[W]. The number of hydrogen-bond donors (Lipinski definition) is 3. The van der Waals surface area contributed by atoms with Crippen LogP contribution in [-0.4, -0.2) is 58.7 Å². The molecule has 2 unspecified atom stereocenters. The Hall–Kier alpha value is 1.22. The quantitative estimate of drug-likeness (QED) is 0.0421. The van der Waals surface area contributed by atoms with Crippen LogP contribution in [0.25, 0.3) is 0 Å². The Labute approximate surface area is 384 Å². The summed E-state index contributed by atoms with van der Waals surface area (Å²) in [6, 6.07) is 0. The number of aliphatic hydroxyl groups excluding tert-OH is 3. The van der Waals surface area contributed by atoms with E-state index in [0.717, 1.165) is 51.5 Å². The molecule has 0 rings (SSSR count). The first kappa shape index (κ1) is 66.3. The van der Waals surface area contributed by atoms with Gasteiger partial charge in [0.1, 0.15) is 0 Å². The first-order valence-electron chi connectivity index (χ1n) is 24.7. The molecule has 0 bridgehead atoms. The molecule has 4 nitrogen and oxygen atoms in total. The molecule has 6 heteroatoms. The molecule has 0 spiro atoms. The van der Waals surface area contributed by atoms with Gasteiger partial charge >= 0.3 is 0 Å². The molecule has 0 aromatic heterocycles. The van der Waals surface area contributed by atoms with Crippen molar-refractivity contribution in [3.05, 3.63) is 13.8 Å². The second-order valence-corrected chi connectivity index (χ2v) is 16.7. The van der Waals surface area contributed by atoms with Gasteiger partial charge in [-0.25, -0.2) is 0 Å². The third-order valence-electron chi connectivity index (χ3n) is 10.8. The van der Waals surface area contributed by atoms with Crippen molar-refractivity contribution in [2.45, 2.75) is 284 Å². The van der Waals surface area contributed by atoms with Gasteiger partial charge in [0, 0.05) is 48.7 Å². The minimum atomic E-state index is -0.0966. The number of hydrogen-bond acceptors (Lipinski definition) is 4. The van der Waals surface area contributed by atoms with Crippen LogP contribution < -0.4 is 0 Å². The zero-order valence-electron chi connectivity index (χ0n) is 38.9. The van der Waals surface area contributed by atoms with Crippen LogP contribution in [0.5, 0.6) is 0 Å². The van der Waals surface area contributed by atoms with Gasteiger partial charge in [-0.1, -0.05) is 207 Å². The van der Waals surface area contributed by atoms with Crippen LogP contribution in [0.3, 0.4) is 0 Å². The van der Waals surface area contributed by atoms with Gasteiger partial charge in [0.2, 0.25) is 0 Å². The van der Waals surface area contributed by atoms with Gasteiger partial charge in [-0.3, -0.25) is 0 Å². The van der Waals surface area contributed by atoms with Crippen molar-refractivity contribution in [3.63, 3.8) is 0 Å². The van der Waals surface area contributed by atoms with Crippen molar-refractivity contribution in [2.75, 3.05) is 26.2 Å². The van der Waals surface area contributed by atoms with Crippen LogP contribution in [0.2, 0.25) is 0 Å². The summed E-state index contributed by atoms with van der Waals surface area (Å²) < 4.78 is 0. The fourth-order valence-electron chi connectivity index (χ4n) is 7.08. The average Bonchev–Trinajstić information content (AvgIpc) is 3.16. The molecular weight excluding hydrogens is 1030 g/mol. The molecule has 0 heterocycles. The Morgan fingerprint density at radius 3 is 0.929 bits per heavy atom. The normalized spacial score (nSPS) is 11.9. The van der Waals surface area contributed by atoms with E-state index in [1.54, 1.807) is 0 Å². The summed E-state index contributed by atoms with van der Waals surface area (Å²) in [4.78, 5) is 2.57. The molecule has 0 aromatic rings. The molecule has 56 heavy (non-hydrogen) atoms. The van der Waals surface area contributed by atoms with Gasteiger partial charge in [-0.15, -0.1) is 0 Å². The Bertz CT molecular complexity index is 601. The van der Waals surface area contributed by atoms with E-state index < -0.39 is 0 Å². The third-order valence-corrected chi connectivity index (χ3v) is 10.8. The molecule has 3 N–H and O–H groups in total. The number of aliphatic hydroxyl groups is 3. The van der Waals surface area contributed by atoms with Gasteiger partial charge in [0.15, 0.2) is 0 Å². The second kappa shape index (κ2) is 62.9. The number of nitrogens with zero attached hydrogens (tertiary/aromatic N) is 1. The van der Waals surface area contributed by atoms with E-state index in [-0.39, 0.29) is 54.3 Å². The zero-order chi connectivity index (χ0) is 40.4. The fraction of sp³-hybridized carbons (Fsp3) is 0.960. The molecule has 0 radical (unpaired) electrons. The van der Waals surface area contributed by atoms with Crippen molar-refractivity contribution in [3.8, 4) is 0 Å². The Morgan fingerprint density at radius 1 is 0.375 bits per heavy atom. The summed E-state index contributed by atoms with van der Waals surface area (Å²) in [5, 5.41) is 27.9. The maximum atomic E-state index is 10.0. The topological polar surface area (TPSA) is 63.9 Å². The Balaban J connectivity index is -0.000000241. The smallest absolute Gasteiger partial charge is 0.0540 e. The summed E-state index contributed by atoms with van der Waals surface area (Å²) in [5.74, 6) is 0. The molecule has 0 fully saturated rings. The molecule has 342 valence electrons. The van der Waals surface area contributed by atoms with Crippen molar-refractivity contribution in [2.24, 2.45) is 0 Å². The van der Waals surface area contributed by atoms with E-state index in [1.807, 2.05) is 6.92 Å². The molecule has 0 aliphatic rings. The Morgan fingerprint density at radius 2 is 0.643 bits per heavy atom. The number of rotatable bonds is 42. The molecule has 0 aromatic carbocycles. The third kappa shape index (κ3) is 67.0. The maximum Gasteiger partial charge on any atom is 0.0540 e. The van der Waals surface area contributed by atoms with Crippen LogP contribution in [0.15, 0.2) is 0 Å². The summed E-state index contributed by atoms with van der Waals surface area (Å²) >= 11 is 0. The summed E-state index contributed by atoms with van der Waals surface area (Å²) in [6.45, 7) is 20.4. The molecule has 0 saturated carbocycles. The van der Waals surface area contributed by atoms with Crippen molar-refractivity contribution in [1.29, 1.82) is 0 Å². The predicted octanol–water partition coefficient (Wildman–Crippen LogP) is 15.5. The Kier molecular flexibility index (Phi) is 74.4. The standard InChI is InChI=1S/C23H48O.C16H33NO.C11H24O.2W/c1-3-5-7-9-11-13-14-16-18-20-22-23(24)21-19-17-15-12-10-8-6-4-2;1-3-5-7-9-13-17(15-11-12-16-18)14-10-8-6-4-2;1-3-4-5-6-7-8-9-10-11(2)12;;/h23-24H,3-22H2,1-2H3;18H,1-16H2;11-12H,3-10H2,1-2H3;;/q;-2;;;. The number of unbranched alkanes of at least 4 members (excludes halogenated alkanes) is 29. The molecular formula is C50H105NO3W2-2. The van der Waals surface area contributed by atoms with Gasteiger partial charge < -0.3 is 34.1 Å². The van der Waals surface area contributed by atoms with Crippen molar-refractivity contribution < 1.29 is 57.5 Å². The van der Waals surface area contributed by atoms with Crippen LogP contribution in [-0.2, 0) is 42.1 Å². The van der Waals surface area contributed by atoms with Gasteiger partial charge in [-0.2, -0.15) is 12.8 Å². The van der Waals surface area contributed by atoms with Crippen molar-refractivity contribution in [1.82, 2.24) is 4.90 Å². The van der Waals surface area contributed by atoms with Gasteiger partial charge in [0.05, 0.1) is 12.2 Å². The fourth-order valence-corrected chi connectivity index (χ4v) is 7.08.